The minimum atomic E-state index is -3.73. The molecule has 0 fully saturated rings. The number of hydrazine groups is 1. The Bertz CT molecular complexity index is 806. The molecule has 25 heavy (non-hydrogen) atoms. The number of nitrogens with one attached hydrogen (secondary N) is 3. The van der Waals surface area contributed by atoms with E-state index < -0.39 is 10.0 Å². The Hall–Kier alpha value is -2.39. The first-order chi connectivity index (χ1) is 11.8. The zero-order valence-corrected chi connectivity index (χ0v) is 15.4. The molecule has 1 aromatic heterocycles. The van der Waals surface area contributed by atoms with Gasteiger partial charge in [-0.05, 0) is 31.4 Å². The molecule has 0 saturated carbocycles. The van der Waals surface area contributed by atoms with Crippen LogP contribution in [0.25, 0.3) is 0 Å². The van der Waals surface area contributed by atoms with Gasteiger partial charge in [0.1, 0.15) is 12.0 Å². The van der Waals surface area contributed by atoms with Gasteiger partial charge in [-0.1, -0.05) is 31.5 Å². The average molecular weight is 364 g/mol. The van der Waals surface area contributed by atoms with Crippen LogP contribution in [0.3, 0.4) is 0 Å². The van der Waals surface area contributed by atoms with Gasteiger partial charge in [0, 0.05) is 6.54 Å². The molecular formula is C16H24N6O2S. The Kier molecular flexibility index (Phi) is 6.16. The number of sulfonamides is 1. The highest BCUT2D eigenvalue weighted by Gasteiger charge is 2.15. The van der Waals surface area contributed by atoms with Crippen molar-refractivity contribution in [3.05, 3.63) is 36.2 Å². The van der Waals surface area contributed by atoms with E-state index in [9.17, 15) is 8.42 Å². The van der Waals surface area contributed by atoms with Crippen LogP contribution in [-0.4, -0.2) is 24.9 Å². The summed E-state index contributed by atoms with van der Waals surface area (Å²) in [5.41, 5.74) is 9.78. The Morgan fingerprint density at radius 1 is 1.12 bits per heavy atom. The van der Waals surface area contributed by atoms with Crippen molar-refractivity contribution in [3.8, 4) is 0 Å². The summed E-state index contributed by atoms with van der Waals surface area (Å²) < 4.78 is 24.6. The zero-order valence-electron chi connectivity index (χ0n) is 14.6. The second kappa shape index (κ2) is 8.13. The zero-order chi connectivity index (χ0) is 18.4. The lowest BCUT2D eigenvalue weighted by Gasteiger charge is -2.14. The molecule has 136 valence electrons. The van der Waals surface area contributed by atoms with Crippen molar-refractivity contribution in [1.82, 2.24) is 14.8 Å². The van der Waals surface area contributed by atoms with Crippen molar-refractivity contribution in [2.24, 2.45) is 5.92 Å². The Balaban J connectivity index is 2.06. The predicted octanol–water partition coefficient (Wildman–Crippen LogP) is 2.13. The number of benzene rings is 1. The number of nitrogens with zero attached hydrogens (tertiary/aromatic N) is 2. The van der Waals surface area contributed by atoms with Crippen LogP contribution in [0.5, 0.6) is 0 Å². The second-order valence-electron chi connectivity index (χ2n) is 6.14. The van der Waals surface area contributed by atoms with E-state index in [0.717, 1.165) is 12.0 Å². The third-order valence-corrected chi connectivity index (χ3v) is 4.80. The quantitative estimate of drug-likeness (QED) is 0.529. The Morgan fingerprint density at radius 2 is 1.76 bits per heavy atom. The third kappa shape index (κ3) is 5.30. The van der Waals surface area contributed by atoms with Gasteiger partial charge in [0.05, 0.1) is 4.90 Å². The lowest BCUT2D eigenvalue weighted by atomic mass is 10.1. The fourth-order valence-electron chi connectivity index (χ4n) is 2.01. The molecular weight excluding hydrogens is 340 g/mol. The SMILES string of the molecule is Cc1ccc(S(=O)(=O)NNc2ncnc(NCCC(C)C)c2N)cc1. The van der Waals surface area contributed by atoms with Gasteiger partial charge in [0.25, 0.3) is 10.0 Å². The number of rotatable bonds is 8. The van der Waals surface area contributed by atoms with E-state index in [1.54, 1.807) is 12.1 Å². The van der Waals surface area contributed by atoms with E-state index in [0.29, 0.717) is 18.3 Å². The fraction of sp³-hybridized carbons (Fsp3) is 0.375. The molecule has 0 amide bonds. The van der Waals surface area contributed by atoms with Crippen LogP contribution >= 0.6 is 0 Å². The summed E-state index contributed by atoms with van der Waals surface area (Å²) in [4.78, 5) is 10.5. The maximum Gasteiger partial charge on any atom is 0.257 e. The number of aromatic nitrogens is 2. The van der Waals surface area contributed by atoms with Gasteiger partial charge >= 0.3 is 0 Å². The van der Waals surface area contributed by atoms with Crippen LogP contribution in [0.4, 0.5) is 17.3 Å². The molecule has 0 saturated heterocycles. The number of aryl methyl sites for hydroxylation is 1. The molecule has 2 aromatic rings. The predicted molar refractivity (Wildman–Crippen MR) is 99.5 cm³/mol. The van der Waals surface area contributed by atoms with Crippen LogP contribution in [0.1, 0.15) is 25.8 Å². The smallest absolute Gasteiger partial charge is 0.257 e. The van der Waals surface area contributed by atoms with E-state index in [1.165, 1.54) is 18.5 Å². The summed E-state index contributed by atoms with van der Waals surface area (Å²) in [6, 6.07) is 6.51. The largest absolute Gasteiger partial charge is 0.393 e. The molecule has 9 heteroatoms. The minimum Gasteiger partial charge on any atom is -0.393 e. The molecule has 5 N–H and O–H groups in total. The molecule has 0 unspecified atom stereocenters. The van der Waals surface area contributed by atoms with Crippen LogP contribution < -0.4 is 21.3 Å². The third-order valence-electron chi connectivity index (χ3n) is 3.53. The van der Waals surface area contributed by atoms with Gasteiger partial charge in [-0.15, -0.1) is 4.83 Å². The van der Waals surface area contributed by atoms with Crippen molar-refractivity contribution >= 4 is 27.3 Å². The van der Waals surface area contributed by atoms with Crippen molar-refractivity contribution in [2.75, 3.05) is 23.0 Å². The monoisotopic (exact) mass is 364 g/mol. The number of anilines is 3. The van der Waals surface area contributed by atoms with Gasteiger partial charge in [-0.3, -0.25) is 5.43 Å². The summed E-state index contributed by atoms with van der Waals surface area (Å²) in [7, 11) is -3.73. The van der Waals surface area contributed by atoms with Crippen LogP contribution in [-0.2, 0) is 10.0 Å². The fourth-order valence-corrected chi connectivity index (χ4v) is 2.85. The molecule has 0 aliphatic carbocycles. The molecule has 0 bridgehead atoms. The number of hydrogen-bond acceptors (Lipinski definition) is 7. The lowest BCUT2D eigenvalue weighted by Crippen LogP contribution is -2.30. The minimum absolute atomic E-state index is 0.147. The summed E-state index contributed by atoms with van der Waals surface area (Å²) in [5.74, 6) is 1.21. The Labute approximate surface area is 148 Å². The first kappa shape index (κ1) is 18.9. The normalized spacial score (nSPS) is 11.5. The maximum atomic E-state index is 12.3. The molecule has 0 spiro atoms. The molecule has 0 atom stereocenters. The second-order valence-corrected chi connectivity index (χ2v) is 7.82. The average Bonchev–Trinajstić information content (AvgIpc) is 2.55. The molecule has 2 rings (SSSR count). The molecule has 0 radical (unpaired) electrons. The van der Waals surface area contributed by atoms with E-state index in [2.05, 4.69) is 39.4 Å². The van der Waals surface area contributed by atoms with E-state index in [1.807, 2.05) is 6.92 Å². The molecule has 1 aromatic carbocycles. The van der Waals surface area contributed by atoms with Gasteiger partial charge in [0.15, 0.2) is 11.6 Å². The molecule has 0 aliphatic rings. The van der Waals surface area contributed by atoms with Crippen LogP contribution in [0, 0.1) is 12.8 Å². The highest BCUT2D eigenvalue weighted by molar-refractivity contribution is 7.89. The highest BCUT2D eigenvalue weighted by Crippen LogP contribution is 2.22. The highest BCUT2D eigenvalue weighted by atomic mass is 32.2. The molecule has 1 heterocycles. The van der Waals surface area contributed by atoms with Crippen LogP contribution in [0.2, 0.25) is 0 Å². The number of nitrogen functional groups attached to an aromatic ring is 1. The number of nitrogens with two attached hydrogens (primary N) is 1. The van der Waals surface area contributed by atoms with E-state index in [-0.39, 0.29) is 16.4 Å². The summed E-state index contributed by atoms with van der Waals surface area (Å²) in [6.07, 6.45) is 2.28. The van der Waals surface area contributed by atoms with Gasteiger partial charge in [-0.25, -0.2) is 18.4 Å². The van der Waals surface area contributed by atoms with Crippen molar-refractivity contribution < 1.29 is 8.42 Å². The molecule has 0 aliphatic heterocycles. The van der Waals surface area contributed by atoms with E-state index >= 15 is 0 Å². The van der Waals surface area contributed by atoms with E-state index in [4.69, 9.17) is 5.73 Å². The number of hydrogen-bond donors (Lipinski definition) is 4. The van der Waals surface area contributed by atoms with Gasteiger partial charge in [-0.2, -0.15) is 0 Å². The first-order valence-corrected chi connectivity index (χ1v) is 9.46. The topological polar surface area (TPSA) is 122 Å². The van der Waals surface area contributed by atoms with Crippen molar-refractivity contribution in [2.45, 2.75) is 32.1 Å². The van der Waals surface area contributed by atoms with Crippen molar-refractivity contribution in [1.29, 1.82) is 0 Å². The van der Waals surface area contributed by atoms with Crippen LogP contribution in [0.15, 0.2) is 35.5 Å². The summed E-state index contributed by atoms with van der Waals surface area (Å²) in [5, 5.41) is 3.13. The Morgan fingerprint density at radius 3 is 2.40 bits per heavy atom. The van der Waals surface area contributed by atoms with Gasteiger partial charge in [0.2, 0.25) is 0 Å². The van der Waals surface area contributed by atoms with Gasteiger partial charge < -0.3 is 11.1 Å². The standard InChI is InChI=1S/C16H24N6O2S/c1-11(2)8-9-18-15-14(17)16(20-10-19-15)21-22-25(23,24)13-6-4-12(3)5-7-13/h4-7,10-11,22H,8-9,17H2,1-3H3,(H2,18,19,20,21). The summed E-state index contributed by atoms with van der Waals surface area (Å²) in [6.45, 7) is 6.85. The lowest BCUT2D eigenvalue weighted by molar-refractivity contribution is 0.587. The molecule has 8 nitrogen and oxygen atoms in total. The van der Waals surface area contributed by atoms with Crippen molar-refractivity contribution in [3.63, 3.8) is 0 Å². The maximum absolute atomic E-state index is 12.3. The summed E-state index contributed by atoms with van der Waals surface area (Å²) >= 11 is 0. The first-order valence-electron chi connectivity index (χ1n) is 7.98.